The van der Waals surface area contributed by atoms with Crippen LogP contribution in [0.3, 0.4) is 0 Å². The fourth-order valence-corrected chi connectivity index (χ4v) is 3.76. The van der Waals surface area contributed by atoms with Crippen LogP contribution in [-0.4, -0.2) is 59.9 Å². The quantitative estimate of drug-likeness (QED) is 0.752. The van der Waals surface area contributed by atoms with Crippen molar-refractivity contribution in [3.63, 3.8) is 0 Å². The predicted molar refractivity (Wildman–Crippen MR) is 124 cm³/mol. The van der Waals surface area contributed by atoms with E-state index in [1.165, 1.54) is 9.80 Å². The van der Waals surface area contributed by atoms with Crippen molar-refractivity contribution in [2.75, 3.05) is 26.2 Å². The molecule has 0 aromatic heterocycles. The Hall–Kier alpha value is -3.19. The van der Waals surface area contributed by atoms with E-state index in [2.05, 4.69) is 26.1 Å². The number of nitrogens with zero attached hydrogens (tertiary/aromatic N) is 2. The molecule has 0 bridgehead atoms. The highest BCUT2D eigenvalue weighted by Gasteiger charge is 2.43. The van der Waals surface area contributed by atoms with Gasteiger partial charge in [-0.2, -0.15) is 0 Å². The lowest BCUT2D eigenvalue weighted by Crippen LogP contribution is -2.54. The number of nitrogens with two attached hydrogens (primary N) is 1. The Morgan fingerprint density at radius 2 is 1.38 bits per heavy atom. The van der Waals surface area contributed by atoms with E-state index in [0.29, 0.717) is 11.1 Å². The second kappa shape index (κ2) is 9.53. The average Bonchev–Trinajstić information content (AvgIpc) is 3.21. The SMILES string of the molecule is Cc1ccc(C(=O)N2CCN(C(=O)c3ccc(C(C)(C)C)cc3)C2C(=O)NCCN)cc1. The van der Waals surface area contributed by atoms with Crippen molar-refractivity contribution in [3.05, 3.63) is 70.8 Å². The van der Waals surface area contributed by atoms with Gasteiger partial charge in [-0.25, -0.2) is 0 Å². The summed E-state index contributed by atoms with van der Waals surface area (Å²) in [5.74, 6) is -0.970. The van der Waals surface area contributed by atoms with Gasteiger partial charge in [0.2, 0.25) is 0 Å². The van der Waals surface area contributed by atoms with Gasteiger partial charge in [0.1, 0.15) is 0 Å². The number of carbonyl (C=O) groups is 3. The van der Waals surface area contributed by atoms with E-state index < -0.39 is 12.1 Å². The first-order valence-electron chi connectivity index (χ1n) is 10.9. The fourth-order valence-electron chi connectivity index (χ4n) is 3.76. The van der Waals surface area contributed by atoms with E-state index in [-0.39, 0.29) is 43.4 Å². The summed E-state index contributed by atoms with van der Waals surface area (Å²) < 4.78 is 0. The first kappa shape index (κ1) is 23.5. The van der Waals surface area contributed by atoms with Crippen LogP contribution in [0.15, 0.2) is 48.5 Å². The molecule has 7 nitrogen and oxygen atoms in total. The van der Waals surface area contributed by atoms with Crippen molar-refractivity contribution in [2.24, 2.45) is 5.73 Å². The van der Waals surface area contributed by atoms with Crippen molar-refractivity contribution in [2.45, 2.75) is 39.3 Å². The molecule has 0 spiro atoms. The van der Waals surface area contributed by atoms with Crippen LogP contribution in [-0.2, 0) is 10.2 Å². The Morgan fingerprint density at radius 1 is 0.906 bits per heavy atom. The van der Waals surface area contributed by atoms with Gasteiger partial charge in [0, 0.05) is 37.3 Å². The second-order valence-corrected chi connectivity index (χ2v) is 9.14. The number of rotatable bonds is 5. The molecule has 0 saturated carbocycles. The summed E-state index contributed by atoms with van der Waals surface area (Å²) >= 11 is 0. The molecule has 7 heteroatoms. The lowest BCUT2D eigenvalue weighted by atomic mass is 9.86. The highest BCUT2D eigenvalue weighted by Crippen LogP contribution is 2.25. The first-order chi connectivity index (χ1) is 15.1. The largest absolute Gasteiger partial charge is 0.351 e. The zero-order valence-electron chi connectivity index (χ0n) is 19.2. The molecular formula is C25H32N4O3. The molecule has 1 saturated heterocycles. The maximum Gasteiger partial charge on any atom is 0.263 e. The van der Waals surface area contributed by atoms with Crippen LogP contribution in [0, 0.1) is 6.92 Å². The van der Waals surface area contributed by atoms with Gasteiger partial charge in [-0.15, -0.1) is 0 Å². The van der Waals surface area contributed by atoms with Gasteiger partial charge in [0.25, 0.3) is 17.7 Å². The minimum atomic E-state index is -1.02. The van der Waals surface area contributed by atoms with Gasteiger partial charge < -0.3 is 20.9 Å². The monoisotopic (exact) mass is 436 g/mol. The molecule has 1 aliphatic heterocycles. The Kier molecular flexibility index (Phi) is 6.99. The molecule has 3 N–H and O–H groups in total. The molecule has 2 aromatic rings. The standard InChI is InChI=1S/C25H32N4O3/c1-17-5-7-18(8-6-17)23(31)28-15-16-29(22(28)21(30)27-14-13-26)24(32)19-9-11-20(12-10-19)25(2,3)4/h5-12,22H,13-16,26H2,1-4H3,(H,27,30). The lowest BCUT2D eigenvalue weighted by molar-refractivity contribution is -0.128. The van der Waals surface area contributed by atoms with Gasteiger partial charge in [0.15, 0.2) is 6.17 Å². The highest BCUT2D eigenvalue weighted by molar-refractivity contribution is 6.02. The van der Waals surface area contributed by atoms with E-state index in [1.807, 2.05) is 31.2 Å². The van der Waals surface area contributed by atoms with Gasteiger partial charge in [-0.3, -0.25) is 14.4 Å². The average molecular weight is 437 g/mol. The summed E-state index contributed by atoms with van der Waals surface area (Å²) in [6.07, 6.45) is -1.02. The topological polar surface area (TPSA) is 95.7 Å². The van der Waals surface area contributed by atoms with Crippen LogP contribution in [0.1, 0.15) is 52.6 Å². The Labute approximate surface area is 189 Å². The first-order valence-corrected chi connectivity index (χ1v) is 10.9. The van der Waals surface area contributed by atoms with Gasteiger partial charge >= 0.3 is 0 Å². The van der Waals surface area contributed by atoms with Crippen LogP contribution in [0.4, 0.5) is 0 Å². The van der Waals surface area contributed by atoms with Crippen LogP contribution in [0.2, 0.25) is 0 Å². The summed E-state index contributed by atoms with van der Waals surface area (Å²) in [5, 5.41) is 2.73. The van der Waals surface area contributed by atoms with Crippen LogP contribution >= 0.6 is 0 Å². The molecule has 1 atom stereocenters. The molecule has 1 heterocycles. The Morgan fingerprint density at radius 3 is 1.81 bits per heavy atom. The minimum Gasteiger partial charge on any atom is -0.351 e. The molecule has 0 aliphatic carbocycles. The summed E-state index contributed by atoms with van der Waals surface area (Å²) in [7, 11) is 0. The molecule has 32 heavy (non-hydrogen) atoms. The Balaban J connectivity index is 1.88. The third-order valence-corrected chi connectivity index (χ3v) is 5.67. The summed E-state index contributed by atoms with van der Waals surface area (Å²) in [6, 6.07) is 14.6. The highest BCUT2D eigenvalue weighted by atomic mass is 16.2. The molecule has 0 radical (unpaired) electrons. The third kappa shape index (κ3) is 4.99. The molecular weight excluding hydrogens is 404 g/mol. The number of amides is 3. The molecule has 3 amide bonds. The van der Waals surface area contributed by atoms with Crippen LogP contribution in [0.25, 0.3) is 0 Å². The van der Waals surface area contributed by atoms with Crippen LogP contribution in [0.5, 0.6) is 0 Å². The zero-order valence-corrected chi connectivity index (χ0v) is 19.2. The number of hydrogen-bond donors (Lipinski definition) is 2. The number of carbonyl (C=O) groups excluding carboxylic acids is 3. The third-order valence-electron chi connectivity index (χ3n) is 5.67. The van der Waals surface area contributed by atoms with Crippen molar-refractivity contribution in [3.8, 4) is 0 Å². The van der Waals surface area contributed by atoms with E-state index in [0.717, 1.165) is 11.1 Å². The predicted octanol–water partition coefficient (Wildman–Crippen LogP) is 2.29. The smallest absolute Gasteiger partial charge is 0.263 e. The fraction of sp³-hybridized carbons (Fsp3) is 0.400. The van der Waals surface area contributed by atoms with Gasteiger partial charge in [-0.05, 0) is 42.2 Å². The zero-order chi connectivity index (χ0) is 23.5. The number of hydrogen-bond acceptors (Lipinski definition) is 4. The molecule has 1 aliphatic rings. The lowest BCUT2D eigenvalue weighted by Gasteiger charge is -2.29. The summed E-state index contributed by atoms with van der Waals surface area (Å²) in [6.45, 7) is 9.36. The minimum absolute atomic E-state index is 0.0306. The molecule has 170 valence electrons. The number of nitrogens with one attached hydrogen (secondary N) is 1. The molecule has 1 unspecified atom stereocenters. The Bertz CT molecular complexity index is 978. The maximum absolute atomic E-state index is 13.3. The van der Waals surface area contributed by atoms with Crippen molar-refractivity contribution in [1.29, 1.82) is 0 Å². The van der Waals surface area contributed by atoms with E-state index in [4.69, 9.17) is 5.73 Å². The van der Waals surface area contributed by atoms with Crippen molar-refractivity contribution in [1.82, 2.24) is 15.1 Å². The van der Waals surface area contributed by atoms with Crippen molar-refractivity contribution >= 4 is 17.7 Å². The maximum atomic E-state index is 13.3. The molecule has 2 aromatic carbocycles. The molecule has 3 rings (SSSR count). The van der Waals surface area contributed by atoms with Gasteiger partial charge in [-0.1, -0.05) is 50.6 Å². The number of benzene rings is 2. The summed E-state index contributed by atoms with van der Waals surface area (Å²) in [5.41, 5.74) is 8.62. The molecule has 1 fully saturated rings. The normalized spacial score (nSPS) is 16.2. The van der Waals surface area contributed by atoms with E-state index in [9.17, 15) is 14.4 Å². The van der Waals surface area contributed by atoms with E-state index in [1.54, 1.807) is 24.3 Å². The van der Waals surface area contributed by atoms with Crippen LogP contribution < -0.4 is 11.1 Å². The van der Waals surface area contributed by atoms with Gasteiger partial charge in [0.05, 0.1) is 0 Å². The van der Waals surface area contributed by atoms with Crippen molar-refractivity contribution < 1.29 is 14.4 Å². The van der Waals surface area contributed by atoms with E-state index >= 15 is 0 Å². The summed E-state index contributed by atoms with van der Waals surface area (Å²) in [4.78, 5) is 42.4. The second-order valence-electron chi connectivity index (χ2n) is 9.14. The number of aryl methyl sites for hydroxylation is 1.